The maximum Gasteiger partial charge on any atom is 0.408 e. The van der Waals surface area contributed by atoms with Crippen LogP contribution in [-0.2, 0) is 10.3 Å². The van der Waals surface area contributed by atoms with E-state index in [1.54, 1.807) is 52.0 Å². The molecule has 2 N–H and O–H groups in total. The van der Waals surface area contributed by atoms with Crippen LogP contribution in [0.2, 0.25) is 5.02 Å². The van der Waals surface area contributed by atoms with E-state index in [9.17, 15) is 19.1 Å². The van der Waals surface area contributed by atoms with Gasteiger partial charge >= 0.3 is 6.09 Å². The molecule has 11 heteroatoms. The Kier molecular flexibility index (Phi) is 8.77. The van der Waals surface area contributed by atoms with E-state index in [4.69, 9.17) is 35.5 Å². The monoisotopic (exact) mass is 626 g/mol. The second-order valence-corrected chi connectivity index (χ2v) is 12.7. The molecule has 5 rings (SSSR count). The molecule has 9 nitrogen and oxygen atoms in total. The Morgan fingerprint density at radius 3 is 2.52 bits per heavy atom. The standard InChI is InChI=1S/C33H36ClFN2O7/c1-32(2,3)44-31(39)36-24-17-42-30-21(24)16-28(37-29(30)19-6-10-23(35)22(34)14-19)33(4,40)13-12-25(38)18-7-11-26(27(15-18)41-5)43-20-8-9-20/h6-7,10-11,14-16,20,24,40H,8-9,12-13,17H2,1-5H3,(H,36,39). The SMILES string of the molecule is COc1cc(C(=O)CCC(C)(O)c2cc3c(c(-c4ccc(F)c(Cl)c4)n2)OCC3NC(=O)OC(C)(C)C)ccc1OC1CC1. The Labute approximate surface area is 260 Å². The van der Waals surface area contributed by atoms with Crippen LogP contribution in [0.25, 0.3) is 11.3 Å². The lowest BCUT2D eigenvalue weighted by Gasteiger charge is -2.25. The van der Waals surface area contributed by atoms with E-state index in [1.165, 1.54) is 25.3 Å². The molecule has 0 bridgehead atoms. The number of amides is 1. The summed E-state index contributed by atoms with van der Waals surface area (Å²) in [5.41, 5.74) is -0.279. The molecule has 44 heavy (non-hydrogen) atoms. The van der Waals surface area contributed by atoms with E-state index in [-0.39, 0.29) is 42.1 Å². The molecule has 2 atom stereocenters. The highest BCUT2D eigenvalue weighted by Gasteiger charge is 2.35. The number of alkyl carbamates (subject to hydrolysis) is 1. The number of nitrogens with one attached hydrogen (secondary N) is 1. The van der Waals surface area contributed by atoms with Gasteiger partial charge in [-0.1, -0.05) is 11.6 Å². The average molecular weight is 627 g/mol. The van der Waals surface area contributed by atoms with Gasteiger partial charge in [-0.05, 0) is 89.4 Å². The largest absolute Gasteiger partial charge is 0.493 e. The molecule has 2 unspecified atom stereocenters. The van der Waals surface area contributed by atoms with Gasteiger partial charge < -0.3 is 29.4 Å². The zero-order chi connectivity index (χ0) is 31.8. The number of methoxy groups -OCH3 is 1. The summed E-state index contributed by atoms with van der Waals surface area (Å²) in [5.74, 6) is 0.640. The second kappa shape index (κ2) is 12.2. The molecule has 2 aromatic carbocycles. The zero-order valence-corrected chi connectivity index (χ0v) is 26.1. The molecule has 1 amide bonds. The number of fused-ring (bicyclic) bond motifs is 1. The summed E-state index contributed by atoms with van der Waals surface area (Å²) in [6.07, 6.45) is 1.58. The van der Waals surface area contributed by atoms with Gasteiger partial charge in [-0.15, -0.1) is 0 Å². The Balaban J connectivity index is 1.42. The van der Waals surface area contributed by atoms with Crippen LogP contribution in [0, 0.1) is 5.82 Å². The fourth-order valence-electron chi connectivity index (χ4n) is 4.84. The highest BCUT2D eigenvalue weighted by Crippen LogP contribution is 2.43. The van der Waals surface area contributed by atoms with Gasteiger partial charge in [0, 0.05) is 23.1 Å². The number of halogens is 2. The molecule has 1 aliphatic heterocycles. The van der Waals surface area contributed by atoms with Crippen molar-refractivity contribution < 1.29 is 38.0 Å². The van der Waals surface area contributed by atoms with E-state index in [2.05, 4.69) is 5.32 Å². The summed E-state index contributed by atoms with van der Waals surface area (Å²) >= 11 is 6.08. The van der Waals surface area contributed by atoms with E-state index in [0.29, 0.717) is 39.6 Å². The average Bonchev–Trinajstić information content (AvgIpc) is 3.69. The van der Waals surface area contributed by atoms with Crippen LogP contribution in [0.15, 0.2) is 42.5 Å². The first-order valence-corrected chi connectivity index (χ1v) is 14.9. The molecular formula is C33H36ClFN2O7. The third-order valence-electron chi connectivity index (χ3n) is 7.35. The van der Waals surface area contributed by atoms with Crippen molar-refractivity contribution in [3.8, 4) is 28.5 Å². The predicted octanol–water partition coefficient (Wildman–Crippen LogP) is 6.92. The number of ketones is 1. The summed E-state index contributed by atoms with van der Waals surface area (Å²) < 4.78 is 36.7. The molecule has 1 saturated carbocycles. The van der Waals surface area contributed by atoms with E-state index in [0.717, 1.165) is 12.8 Å². The molecule has 2 aliphatic rings. The fraction of sp³-hybridized carbons (Fsp3) is 0.424. The number of nitrogens with zero attached hydrogens (tertiary/aromatic N) is 1. The Morgan fingerprint density at radius 2 is 1.86 bits per heavy atom. The van der Waals surface area contributed by atoms with Crippen molar-refractivity contribution in [1.29, 1.82) is 0 Å². The van der Waals surface area contributed by atoms with Crippen LogP contribution >= 0.6 is 11.6 Å². The highest BCUT2D eigenvalue weighted by molar-refractivity contribution is 6.31. The number of benzene rings is 2. The minimum atomic E-state index is -1.57. The van der Waals surface area contributed by atoms with Crippen molar-refractivity contribution in [2.45, 2.75) is 76.7 Å². The molecule has 0 spiro atoms. The van der Waals surface area contributed by atoms with E-state index < -0.39 is 29.2 Å². The number of aliphatic hydroxyl groups is 1. The van der Waals surface area contributed by atoms with Crippen molar-refractivity contribution in [2.24, 2.45) is 0 Å². The number of pyridine rings is 1. The zero-order valence-electron chi connectivity index (χ0n) is 25.3. The van der Waals surface area contributed by atoms with Gasteiger partial charge in [0.15, 0.2) is 23.0 Å². The number of aromatic nitrogens is 1. The summed E-state index contributed by atoms with van der Waals surface area (Å²) in [6, 6.07) is 10.2. The van der Waals surface area contributed by atoms with E-state index >= 15 is 0 Å². The van der Waals surface area contributed by atoms with Gasteiger partial charge in [-0.25, -0.2) is 14.2 Å². The number of carbonyl (C=O) groups is 2. The third kappa shape index (κ3) is 7.25. The second-order valence-electron chi connectivity index (χ2n) is 12.3. The van der Waals surface area contributed by atoms with Crippen molar-refractivity contribution in [2.75, 3.05) is 13.7 Å². The molecule has 234 valence electrons. The number of Topliss-reactive ketones (excluding diaryl/α,β-unsaturated/α-hetero) is 1. The molecule has 2 heterocycles. The van der Waals surface area contributed by atoms with Gasteiger partial charge in [-0.3, -0.25) is 4.79 Å². The van der Waals surface area contributed by atoms with Gasteiger partial charge in [0.05, 0.1) is 30.0 Å². The van der Waals surface area contributed by atoms with Crippen LogP contribution in [0.3, 0.4) is 0 Å². The number of rotatable bonds is 10. The first kappa shape index (κ1) is 31.5. The summed E-state index contributed by atoms with van der Waals surface area (Å²) in [6.45, 7) is 6.93. The topological polar surface area (TPSA) is 116 Å². The number of hydrogen-bond donors (Lipinski definition) is 2. The maximum absolute atomic E-state index is 14.0. The van der Waals surface area contributed by atoms with Crippen LogP contribution in [0.5, 0.6) is 17.2 Å². The molecule has 1 aromatic heterocycles. The van der Waals surface area contributed by atoms with Crippen LogP contribution < -0.4 is 19.5 Å². The molecule has 1 aliphatic carbocycles. The van der Waals surface area contributed by atoms with Crippen molar-refractivity contribution in [3.63, 3.8) is 0 Å². The third-order valence-corrected chi connectivity index (χ3v) is 7.64. The summed E-state index contributed by atoms with van der Waals surface area (Å²) in [4.78, 5) is 30.5. The lowest BCUT2D eigenvalue weighted by Crippen LogP contribution is -2.35. The van der Waals surface area contributed by atoms with E-state index in [1.807, 2.05) is 0 Å². The first-order valence-electron chi connectivity index (χ1n) is 14.5. The summed E-state index contributed by atoms with van der Waals surface area (Å²) in [7, 11) is 1.52. The van der Waals surface area contributed by atoms with Crippen LogP contribution in [0.1, 0.15) is 81.0 Å². The van der Waals surface area contributed by atoms with Crippen LogP contribution in [-0.4, -0.2) is 47.4 Å². The normalized spacial score (nSPS) is 17.2. The predicted molar refractivity (Wildman–Crippen MR) is 162 cm³/mol. The lowest BCUT2D eigenvalue weighted by atomic mass is 9.90. The minimum Gasteiger partial charge on any atom is -0.493 e. The molecular weight excluding hydrogens is 591 g/mol. The van der Waals surface area contributed by atoms with Gasteiger partial charge in [-0.2, -0.15) is 0 Å². The van der Waals surface area contributed by atoms with Crippen molar-refractivity contribution >= 4 is 23.5 Å². The Morgan fingerprint density at radius 1 is 1.11 bits per heavy atom. The lowest BCUT2D eigenvalue weighted by molar-refractivity contribution is 0.0397. The van der Waals surface area contributed by atoms with Crippen molar-refractivity contribution in [1.82, 2.24) is 10.3 Å². The maximum atomic E-state index is 14.0. The van der Waals surface area contributed by atoms with Gasteiger partial charge in [0.25, 0.3) is 0 Å². The van der Waals surface area contributed by atoms with Gasteiger partial charge in [0.1, 0.15) is 29.3 Å². The first-order chi connectivity index (χ1) is 20.7. The Hall–Kier alpha value is -3.89. The van der Waals surface area contributed by atoms with Crippen LogP contribution in [0.4, 0.5) is 9.18 Å². The quantitative estimate of drug-likeness (QED) is 0.233. The molecule has 0 saturated heterocycles. The van der Waals surface area contributed by atoms with Gasteiger partial charge in [0.2, 0.25) is 0 Å². The fourth-order valence-corrected chi connectivity index (χ4v) is 5.02. The smallest absolute Gasteiger partial charge is 0.408 e. The highest BCUT2D eigenvalue weighted by atomic mass is 35.5. The molecule has 3 aromatic rings. The number of ether oxygens (including phenoxy) is 4. The number of carbonyl (C=O) groups excluding carboxylic acids is 2. The number of hydrogen-bond acceptors (Lipinski definition) is 8. The minimum absolute atomic E-state index is 0.00550. The summed E-state index contributed by atoms with van der Waals surface area (Å²) in [5, 5.41) is 14.4. The van der Waals surface area contributed by atoms with Crippen molar-refractivity contribution in [3.05, 3.63) is 70.1 Å². The molecule has 1 fully saturated rings. The molecule has 0 radical (unpaired) electrons. The Bertz CT molecular complexity index is 1580.